The number of hydrogen-bond acceptors (Lipinski definition) is 3. The van der Waals surface area contributed by atoms with Crippen LogP contribution in [0.3, 0.4) is 0 Å². The van der Waals surface area contributed by atoms with Crippen LogP contribution in [-0.2, 0) is 6.42 Å². The normalized spacial score (nSPS) is 16.3. The Morgan fingerprint density at radius 1 is 1.07 bits per heavy atom. The van der Waals surface area contributed by atoms with Gasteiger partial charge in [0.1, 0.15) is 0 Å². The van der Waals surface area contributed by atoms with E-state index >= 15 is 0 Å². The number of benzene rings is 2. The molecule has 0 aliphatic carbocycles. The molecular formula is C22H17ClF2N4. The summed E-state index contributed by atoms with van der Waals surface area (Å²) in [5, 5.41) is 0.639. The Bertz CT molecular complexity index is 1200. The molecule has 3 heterocycles. The second kappa shape index (κ2) is 6.81. The first kappa shape index (κ1) is 18.1. The molecule has 5 rings (SSSR count). The Morgan fingerprint density at radius 2 is 1.79 bits per heavy atom. The third-order valence-electron chi connectivity index (χ3n) is 5.44. The van der Waals surface area contributed by atoms with E-state index in [0.717, 1.165) is 34.8 Å². The van der Waals surface area contributed by atoms with Crippen molar-refractivity contribution in [2.75, 3.05) is 11.4 Å². The SMILES string of the molecule is Cc1ccc(C2c3[nH]c4ccc(Cl)c(F)c4c3CCN2c2ncc(F)cn2)cc1. The Kier molecular flexibility index (Phi) is 4.24. The zero-order valence-corrected chi connectivity index (χ0v) is 16.3. The Labute approximate surface area is 171 Å². The van der Waals surface area contributed by atoms with Gasteiger partial charge in [-0.3, -0.25) is 0 Å². The lowest BCUT2D eigenvalue weighted by molar-refractivity contribution is 0.595. The van der Waals surface area contributed by atoms with Crippen LogP contribution in [0.2, 0.25) is 5.02 Å². The summed E-state index contributed by atoms with van der Waals surface area (Å²) in [6, 6.07) is 11.3. The molecule has 29 heavy (non-hydrogen) atoms. The number of hydrogen-bond donors (Lipinski definition) is 1. The van der Waals surface area contributed by atoms with E-state index in [-0.39, 0.29) is 11.1 Å². The minimum absolute atomic E-state index is 0.107. The molecule has 0 fully saturated rings. The van der Waals surface area contributed by atoms with Gasteiger partial charge in [-0.1, -0.05) is 41.4 Å². The smallest absolute Gasteiger partial charge is 0.226 e. The van der Waals surface area contributed by atoms with Gasteiger partial charge in [0, 0.05) is 23.1 Å². The fraction of sp³-hybridized carbons (Fsp3) is 0.182. The first-order valence-electron chi connectivity index (χ1n) is 9.32. The van der Waals surface area contributed by atoms with Crippen molar-refractivity contribution in [2.45, 2.75) is 19.4 Å². The fourth-order valence-corrected chi connectivity index (χ4v) is 4.24. The number of nitrogens with one attached hydrogen (secondary N) is 1. The molecule has 1 atom stereocenters. The van der Waals surface area contributed by atoms with Crippen LogP contribution in [0.5, 0.6) is 0 Å². The summed E-state index contributed by atoms with van der Waals surface area (Å²) in [4.78, 5) is 13.8. The second-order valence-electron chi connectivity index (χ2n) is 7.26. The maximum Gasteiger partial charge on any atom is 0.226 e. The lowest BCUT2D eigenvalue weighted by Gasteiger charge is -2.36. The summed E-state index contributed by atoms with van der Waals surface area (Å²) in [7, 11) is 0. The average Bonchev–Trinajstić information content (AvgIpc) is 3.11. The van der Waals surface area contributed by atoms with Crippen molar-refractivity contribution in [2.24, 2.45) is 0 Å². The van der Waals surface area contributed by atoms with Gasteiger partial charge in [-0.05, 0) is 36.6 Å². The number of aromatic amines is 1. The van der Waals surface area contributed by atoms with Crippen molar-refractivity contribution in [1.82, 2.24) is 15.0 Å². The van der Waals surface area contributed by atoms with E-state index in [0.29, 0.717) is 29.8 Å². The van der Waals surface area contributed by atoms with Crippen molar-refractivity contribution in [1.29, 1.82) is 0 Å². The number of nitrogens with zero attached hydrogens (tertiary/aromatic N) is 3. The number of rotatable bonds is 2. The number of aromatic nitrogens is 3. The second-order valence-corrected chi connectivity index (χ2v) is 7.67. The zero-order chi connectivity index (χ0) is 20.1. The van der Waals surface area contributed by atoms with Crippen LogP contribution in [0.25, 0.3) is 10.9 Å². The molecule has 1 aliphatic rings. The van der Waals surface area contributed by atoms with Crippen molar-refractivity contribution < 1.29 is 8.78 Å². The van der Waals surface area contributed by atoms with Gasteiger partial charge in [0.05, 0.1) is 23.5 Å². The van der Waals surface area contributed by atoms with Crippen LogP contribution in [-0.4, -0.2) is 21.5 Å². The van der Waals surface area contributed by atoms with Crippen molar-refractivity contribution in [3.63, 3.8) is 0 Å². The van der Waals surface area contributed by atoms with Crippen LogP contribution < -0.4 is 4.90 Å². The topological polar surface area (TPSA) is 44.8 Å². The average molecular weight is 411 g/mol. The Hall–Kier alpha value is -2.99. The molecule has 7 heteroatoms. The standard InChI is InChI=1S/C22H17ClF2N4/c1-12-2-4-13(5-3-12)21-20-15(18-17(28-20)7-6-16(23)19(18)25)8-9-29(21)22-26-10-14(24)11-27-22/h2-7,10-11,21,28H,8-9H2,1H3. The molecule has 0 bridgehead atoms. The van der Waals surface area contributed by atoms with E-state index in [9.17, 15) is 8.78 Å². The largest absolute Gasteiger partial charge is 0.356 e. The van der Waals surface area contributed by atoms with Gasteiger partial charge in [-0.15, -0.1) is 0 Å². The molecule has 2 aromatic carbocycles. The molecule has 0 spiro atoms. The highest BCUT2D eigenvalue weighted by atomic mass is 35.5. The van der Waals surface area contributed by atoms with Gasteiger partial charge < -0.3 is 9.88 Å². The Balaban J connectivity index is 1.73. The van der Waals surface area contributed by atoms with E-state index in [1.807, 2.05) is 36.1 Å². The van der Waals surface area contributed by atoms with Gasteiger partial charge in [0.25, 0.3) is 0 Å². The van der Waals surface area contributed by atoms with Crippen molar-refractivity contribution in [3.05, 3.63) is 87.8 Å². The number of halogens is 3. The van der Waals surface area contributed by atoms with Crippen LogP contribution in [0.15, 0.2) is 48.8 Å². The number of aryl methyl sites for hydroxylation is 1. The zero-order valence-electron chi connectivity index (χ0n) is 15.6. The van der Waals surface area contributed by atoms with E-state index in [2.05, 4.69) is 15.0 Å². The van der Waals surface area contributed by atoms with E-state index in [1.54, 1.807) is 12.1 Å². The van der Waals surface area contributed by atoms with Crippen LogP contribution in [0.1, 0.15) is 28.4 Å². The summed E-state index contributed by atoms with van der Waals surface area (Å²) in [6.07, 6.45) is 2.92. The van der Waals surface area contributed by atoms with E-state index in [1.165, 1.54) is 0 Å². The van der Waals surface area contributed by atoms with Gasteiger partial charge in [-0.2, -0.15) is 0 Å². The van der Waals surface area contributed by atoms with Gasteiger partial charge in [0.2, 0.25) is 5.95 Å². The van der Waals surface area contributed by atoms with E-state index < -0.39 is 11.6 Å². The monoisotopic (exact) mass is 410 g/mol. The lowest BCUT2D eigenvalue weighted by atomic mass is 9.92. The summed E-state index contributed by atoms with van der Waals surface area (Å²) in [5.74, 6) is -0.462. The summed E-state index contributed by atoms with van der Waals surface area (Å²) in [5.41, 5.74) is 4.65. The first-order valence-corrected chi connectivity index (χ1v) is 9.70. The fourth-order valence-electron chi connectivity index (χ4n) is 4.08. The molecular weight excluding hydrogens is 394 g/mol. The highest BCUT2D eigenvalue weighted by Gasteiger charge is 2.34. The summed E-state index contributed by atoms with van der Waals surface area (Å²) < 4.78 is 28.2. The number of H-pyrrole nitrogens is 1. The quantitative estimate of drug-likeness (QED) is 0.484. The predicted molar refractivity (Wildman–Crippen MR) is 109 cm³/mol. The molecule has 4 nitrogen and oxygen atoms in total. The van der Waals surface area contributed by atoms with Gasteiger partial charge in [-0.25, -0.2) is 18.7 Å². The summed E-state index contributed by atoms with van der Waals surface area (Å²) in [6.45, 7) is 2.59. The Morgan fingerprint density at radius 3 is 2.52 bits per heavy atom. The maximum atomic E-state index is 14.8. The minimum atomic E-state index is -0.486. The molecule has 1 aliphatic heterocycles. The molecule has 0 saturated carbocycles. The number of anilines is 1. The third kappa shape index (κ3) is 2.95. The molecule has 1 unspecified atom stereocenters. The van der Waals surface area contributed by atoms with Crippen LogP contribution in [0, 0.1) is 18.6 Å². The molecule has 146 valence electrons. The van der Waals surface area contributed by atoms with Gasteiger partial charge >= 0.3 is 0 Å². The van der Waals surface area contributed by atoms with Crippen molar-refractivity contribution >= 4 is 28.5 Å². The minimum Gasteiger partial charge on any atom is -0.356 e. The number of fused-ring (bicyclic) bond motifs is 3. The molecule has 0 saturated heterocycles. The van der Waals surface area contributed by atoms with E-state index in [4.69, 9.17) is 11.6 Å². The van der Waals surface area contributed by atoms with Gasteiger partial charge in [0.15, 0.2) is 11.6 Å². The summed E-state index contributed by atoms with van der Waals surface area (Å²) >= 11 is 6.04. The molecule has 2 aromatic heterocycles. The third-order valence-corrected chi connectivity index (χ3v) is 5.73. The lowest BCUT2D eigenvalue weighted by Crippen LogP contribution is -2.37. The first-order chi connectivity index (χ1) is 14.0. The van der Waals surface area contributed by atoms with Crippen LogP contribution >= 0.6 is 11.6 Å². The molecule has 4 aromatic rings. The molecule has 0 radical (unpaired) electrons. The van der Waals surface area contributed by atoms with Crippen molar-refractivity contribution in [3.8, 4) is 0 Å². The highest BCUT2D eigenvalue weighted by Crippen LogP contribution is 2.41. The maximum absolute atomic E-state index is 14.8. The predicted octanol–water partition coefficient (Wildman–Crippen LogP) is 5.35. The highest BCUT2D eigenvalue weighted by molar-refractivity contribution is 6.31. The molecule has 1 N–H and O–H groups in total. The van der Waals surface area contributed by atoms with Crippen LogP contribution in [0.4, 0.5) is 14.7 Å². The molecule has 0 amide bonds.